The average molecular weight is 315 g/mol. The molecule has 0 aliphatic carbocycles. The molecular weight excluding hydrogens is 298 g/mol. The molecule has 0 saturated heterocycles. The summed E-state index contributed by atoms with van der Waals surface area (Å²) in [5.41, 5.74) is -2.77. The molecule has 1 heterocycles. The molecule has 0 fully saturated rings. The highest BCUT2D eigenvalue weighted by Gasteiger charge is 2.15. The molecule has 1 aromatic rings. The van der Waals surface area contributed by atoms with Crippen molar-refractivity contribution in [1.82, 2.24) is 13.7 Å². The number of hydrogen-bond donors (Lipinski definition) is 2. The molecule has 0 bridgehead atoms. The van der Waals surface area contributed by atoms with Gasteiger partial charge in [-0.3, -0.25) is 0 Å². The molecule has 0 aliphatic heterocycles. The minimum atomic E-state index is -0.923. The van der Waals surface area contributed by atoms with Crippen molar-refractivity contribution in [2.24, 2.45) is 0 Å². The number of aliphatic hydroxyl groups excluding tert-OH is 2. The van der Waals surface area contributed by atoms with Crippen LogP contribution in [-0.4, -0.2) is 49.7 Å². The van der Waals surface area contributed by atoms with Crippen molar-refractivity contribution in [2.75, 3.05) is 19.8 Å². The van der Waals surface area contributed by atoms with Crippen LogP contribution in [0.2, 0.25) is 0 Å². The molecule has 0 unspecified atom stereocenters. The van der Waals surface area contributed by atoms with Crippen molar-refractivity contribution in [3.63, 3.8) is 0 Å². The lowest BCUT2D eigenvalue weighted by Crippen LogP contribution is -2.55. The summed E-state index contributed by atoms with van der Waals surface area (Å²) >= 11 is 0. The Morgan fingerprint density at radius 3 is 1.73 bits per heavy atom. The minimum absolute atomic E-state index is 0.267. The van der Waals surface area contributed by atoms with E-state index in [4.69, 9.17) is 10.2 Å². The number of ether oxygens (including phenoxy) is 1. The Labute approximate surface area is 124 Å². The predicted octanol–water partition coefficient (Wildman–Crippen LogP) is -3.11. The summed E-state index contributed by atoms with van der Waals surface area (Å²) in [7, 11) is 0. The Bertz CT molecular complexity index is 669. The van der Waals surface area contributed by atoms with Gasteiger partial charge in [-0.25, -0.2) is 32.9 Å². The Balaban J connectivity index is 3.27. The largest absolute Gasteiger partial charge is 0.461 e. The summed E-state index contributed by atoms with van der Waals surface area (Å²) in [5, 5.41) is 17.8. The number of carbonyl (C=O) groups excluding carboxylic acids is 1. The van der Waals surface area contributed by atoms with Crippen LogP contribution in [0.25, 0.3) is 0 Å². The standard InChI is InChI=1S/C12H17N3O7/c1-2-9(18)22-8-5-15-11(20)13(3-6-16)10(19)14(4-7-17)12(15)21/h2,16-17H,1,3-8H2. The van der Waals surface area contributed by atoms with E-state index in [0.717, 1.165) is 6.08 Å². The topological polar surface area (TPSA) is 133 Å². The van der Waals surface area contributed by atoms with Gasteiger partial charge < -0.3 is 14.9 Å². The third-order valence-corrected chi connectivity index (χ3v) is 2.76. The van der Waals surface area contributed by atoms with Gasteiger partial charge in [-0.2, -0.15) is 0 Å². The predicted molar refractivity (Wildman–Crippen MR) is 74.5 cm³/mol. The molecule has 22 heavy (non-hydrogen) atoms. The summed E-state index contributed by atoms with van der Waals surface area (Å²) in [6.07, 6.45) is 0.930. The number of hydrogen-bond acceptors (Lipinski definition) is 7. The highest BCUT2D eigenvalue weighted by atomic mass is 16.5. The minimum Gasteiger partial charge on any atom is -0.461 e. The fraction of sp³-hybridized carbons (Fsp3) is 0.500. The van der Waals surface area contributed by atoms with Crippen LogP contribution in [0.5, 0.6) is 0 Å². The summed E-state index contributed by atoms with van der Waals surface area (Å²) < 4.78 is 6.73. The smallest absolute Gasteiger partial charge is 0.336 e. The molecular formula is C12H17N3O7. The normalized spacial score (nSPS) is 10.5. The summed E-state index contributed by atoms with van der Waals surface area (Å²) in [5.74, 6) is -0.715. The summed E-state index contributed by atoms with van der Waals surface area (Å²) in [6.45, 7) is 1.12. The molecule has 0 radical (unpaired) electrons. The molecule has 122 valence electrons. The Kier molecular flexibility index (Phi) is 6.47. The van der Waals surface area contributed by atoms with Gasteiger partial charge in [0.25, 0.3) is 0 Å². The van der Waals surface area contributed by atoms with Gasteiger partial charge in [-0.05, 0) is 0 Å². The maximum atomic E-state index is 12.1. The van der Waals surface area contributed by atoms with Crippen LogP contribution >= 0.6 is 0 Å². The van der Waals surface area contributed by atoms with Gasteiger partial charge in [-0.1, -0.05) is 6.58 Å². The van der Waals surface area contributed by atoms with Gasteiger partial charge in [0, 0.05) is 6.08 Å². The van der Waals surface area contributed by atoms with E-state index in [1.165, 1.54) is 0 Å². The number of esters is 1. The third kappa shape index (κ3) is 3.80. The fourth-order valence-electron chi connectivity index (χ4n) is 1.75. The zero-order valence-electron chi connectivity index (χ0n) is 11.8. The molecule has 2 N–H and O–H groups in total. The first-order chi connectivity index (χ1) is 10.5. The molecule has 1 rings (SSSR count). The fourth-order valence-corrected chi connectivity index (χ4v) is 1.75. The SMILES string of the molecule is C=CC(=O)OCCn1c(=O)n(CCO)c(=O)n(CCO)c1=O. The van der Waals surface area contributed by atoms with Crippen molar-refractivity contribution in [3.05, 3.63) is 44.1 Å². The van der Waals surface area contributed by atoms with Crippen molar-refractivity contribution in [2.45, 2.75) is 19.6 Å². The highest BCUT2D eigenvalue weighted by molar-refractivity contribution is 5.81. The first kappa shape index (κ1) is 17.6. The molecule has 0 saturated carbocycles. The quantitative estimate of drug-likeness (QED) is 0.383. The average Bonchev–Trinajstić information content (AvgIpc) is 2.51. The third-order valence-electron chi connectivity index (χ3n) is 2.76. The number of aliphatic hydroxyl groups is 2. The van der Waals surface area contributed by atoms with Crippen LogP contribution in [0.1, 0.15) is 0 Å². The molecule has 0 aromatic carbocycles. The van der Waals surface area contributed by atoms with E-state index in [-0.39, 0.29) is 26.2 Å². The van der Waals surface area contributed by atoms with Gasteiger partial charge >= 0.3 is 23.0 Å². The number of rotatable bonds is 8. The van der Waals surface area contributed by atoms with E-state index in [9.17, 15) is 19.2 Å². The highest BCUT2D eigenvalue weighted by Crippen LogP contribution is 1.82. The Morgan fingerprint density at radius 2 is 1.36 bits per heavy atom. The van der Waals surface area contributed by atoms with E-state index >= 15 is 0 Å². The lowest BCUT2D eigenvalue weighted by atomic mass is 10.5. The molecule has 0 spiro atoms. The Morgan fingerprint density at radius 1 is 0.955 bits per heavy atom. The summed E-state index contributed by atoms with van der Waals surface area (Å²) in [4.78, 5) is 47.1. The number of carbonyl (C=O) groups is 1. The van der Waals surface area contributed by atoms with E-state index in [0.29, 0.717) is 13.7 Å². The second-order valence-corrected chi connectivity index (χ2v) is 4.12. The van der Waals surface area contributed by atoms with E-state index in [2.05, 4.69) is 11.3 Å². The van der Waals surface area contributed by atoms with Gasteiger partial charge in [0.1, 0.15) is 6.61 Å². The van der Waals surface area contributed by atoms with Crippen molar-refractivity contribution in [3.8, 4) is 0 Å². The summed E-state index contributed by atoms with van der Waals surface area (Å²) in [6, 6.07) is 0. The lowest BCUT2D eigenvalue weighted by Gasteiger charge is -2.12. The second kappa shape index (κ2) is 8.10. The first-order valence-electron chi connectivity index (χ1n) is 6.43. The zero-order chi connectivity index (χ0) is 16.7. The molecule has 10 heteroatoms. The maximum Gasteiger partial charge on any atom is 0.336 e. The van der Waals surface area contributed by atoms with Crippen LogP contribution in [0.15, 0.2) is 27.0 Å². The molecule has 1 aromatic heterocycles. The van der Waals surface area contributed by atoms with E-state index < -0.39 is 36.3 Å². The molecule has 10 nitrogen and oxygen atoms in total. The van der Waals surface area contributed by atoms with Crippen LogP contribution in [0, 0.1) is 0 Å². The van der Waals surface area contributed by atoms with Gasteiger partial charge in [0.2, 0.25) is 0 Å². The van der Waals surface area contributed by atoms with Gasteiger partial charge in [-0.15, -0.1) is 0 Å². The number of aromatic nitrogens is 3. The van der Waals surface area contributed by atoms with Crippen LogP contribution in [-0.2, 0) is 29.2 Å². The maximum absolute atomic E-state index is 12.1. The van der Waals surface area contributed by atoms with Gasteiger partial charge in [0.05, 0.1) is 32.8 Å². The zero-order valence-corrected chi connectivity index (χ0v) is 11.8. The van der Waals surface area contributed by atoms with Gasteiger partial charge in [0.15, 0.2) is 0 Å². The molecule has 0 aliphatic rings. The van der Waals surface area contributed by atoms with Crippen molar-refractivity contribution in [1.29, 1.82) is 0 Å². The van der Waals surface area contributed by atoms with E-state index in [1.807, 2.05) is 0 Å². The number of nitrogens with zero attached hydrogens (tertiary/aromatic N) is 3. The second-order valence-electron chi connectivity index (χ2n) is 4.12. The molecule has 0 atom stereocenters. The van der Waals surface area contributed by atoms with E-state index in [1.54, 1.807) is 0 Å². The molecule has 0 amide bonds. The van der Waals surface area contributed by atoms with Crippen molar-refractivity contribution < 1.29 is 19.7 Å². The Hall–Kier alpha value is -2.46. The lowest BCUT2D eigenvalue weighted by molar-refractivity contribution is -0.138. The van der Waals surface area contributed by atoms with Crippen LogP contribution in [0.4, 0.5) is 0 Å². The van der Waals surface area contributed by atoms with Crippen LogP contribution in [0.3, 0.4) is 0 Å². The van der Waals surface area contributed by atoms with Crippen LogP contribution < -0.4 is 17.1 Å². The monoisotopic (exact) mass is 315 g/mol. The first-order valence-corrected chi connectivity index (χ1v) is 6.43. The van der Waals surface area contributed by atoms with Crippen molar-refractivity contribution >= 4 is 5.97 Å².